The highest BCUT2D eigenvalue weighted by atomic mass is 35.5. The van der Waals surface area contributed by atoms with Gasteiger partial charge in [-0.25, -0.2) is 0 Å². The third-order valence-electron chi connectivity index (χ3n) is 4.18. The summed E-state index contributed by atoms with van der Waals surface area (Å²) in [5.41, 5.74) is 5.79. The van der Waals surface area contributed by atoms with Crippen molar-refractivity contribution in [2.75, 3.05) is 20.3 Å². The Morgan fingerprint density at radius 3 is 2.70 bits per heavy atom. The maximum Gasteiger partial charge on any atom is 0.255 e. The van der Waals surface area contributed by atoms with Crippen LogP contribution in [0, 0.1) is 0 Å². The number of hydrogen-bond acceptors (Lipinski definition) is 5. The second kappa shape index (κ2) is 7.86. The molecule has 4 N–H and O–H groups in total. The summed E-state index contributed by atoms with van der Waals surface area (Å²) in [7, 11) is 1.51. The highest BCUT2D eigenvalue weighted by Gasteiger charge is 2.32. The smallest absolute Gasteiger partial charge is 0.255 e. The number of hydrogen-bond donors (Lipinski definition) is 3. The predicted octanol–water partition coefficient (Wildman–Crippen LogP) is 1.61. The fraction of sp³-hybridized carbons (Fsp3) is 0.562. The van der Waals surface area contributed by atoms with Crippen LogP contribution in [0.15, 0.2) is 12.1 Å². The maximum atomic E-state index is 10.8. The van der Waals surface area contributed by atoms with E-state index in [9.17, 15) is 9.90 Å². The minimum atomic E-state index is -0.583. The number of carbonyl (C=O) groups excluding carboxylic acids is 1. The molecule has 128 valence electrons. The molecule has 1 aliphatic rings. The van der Waals surface area contributed by atoms with Crippen molar-refractivity contribution in [3.8, 4) is 11.5 Å². The van der Waals surface area contributed by atoms with Crippen LogP contribution in [-0.4, -0.2) is 36.9 Å². The van der Waals surface area contributed by atoms with Gasteiger partial charge in [-0.2, -0.15) is 0 Å². The molecule has 0 heterocycles. The number of amides is 1. The molecule has 7 heteroatoms. The zero-order valence-corrected chi connectivity index (χ0v) is 14.0. The first-order valence-corrected chi connectivity index (χ1v) is 8.01. The first kappa shape index (κ1) is 17.8. The molecule has 1 fully saturated rings. The van der Waals surface area contributed by atoms with Gasteiger partial charge in [0.1, 0.15) is 0 Å². The molecule has 1 aliphatic carbocycles. The molecule has 0 radical (unpaired) electrons. The van der Waals surface area contributed by atoms with Gasteiger partial charge in [0.05, 0.1) is 18.7 Å². The van der Waals surface area contributed by atoms with E-state index in [0.29, 0.717) is 23.1 Å². The van der Waals surface area contributed by atoms with E-state index in [1.165, 1.54) is 7.11 Å². The van der Waals surface area contributed by atoms with Crippen LogP contribution < -0.4 is 20.5 Å². The van der Waals surface area contributed by atoms with Gasteiger partial charge < -0.3 is 25.6 Å². The van der Waals surface area contributed by atoms with Crippen LogP contribution >= 0.6 is 11.6 Å². The molecule has 6 nitrogen and oxygen atoms in total. The van der Waals surface area contributed by atoms with Gasteiger partial charge in [-0.05, 0) is 30.5 Å². The Balaban J connectivity index is 2.11. The largest absolute Gasteiger partial charge is 0.493 e. The van der Waals surface area contributed by atoms with E-state index < -0.39 is 5.91 Å². The first-order chi connectivity index (χ1) is 11.0. The van der Waals surface area contributed by atoms with E-state index in [0.717, 1.165) is 31.2 Å². The third-order valence-corrected chi connectivity index (χ3v) is 4.46. The van der Waals surface area contributed by atoms with Crippen LogP contribution in [0.3, 0.4) is 0 Å². The monoisotopic (exact) mass is 342 g/mol. The molecule has 2 rings (SSSR count). The van der Waals surface area contributed by atoms with Crippen molar-refractivity contribution in [2.45, 2.75) is 37.8 Å². The molecule has 0 aliphatic heterocycles. The molecule has 23 heavy (non-hydrogen) atoms. The Morgan fingerprint density at radius 2 is 2.13 bits per heavy atom. The Labute approximate surface area is 140 Å². The Kier molecular flexibility index (Phi) is 6.10. The molecule has 0 aromatic heterocycles. The lowest BCUT2D eigenvalue weighted by molar-refractivity contribution is -0.119. The normalized spacial score (nSPS) is 16.3. The Bertz CT molecular complexity index is 559. The zero-order valence-electron chi connectivity index (χ0n) is 13.2. The number of benzene rings is 1. The van der Waals surface area contributed by atoms with Crippen molar-refractivity contribution in [3.63, 3.8) is 0 Å². The number of primary amides is 1. The van der Waals surface area contributed by atoms with Gasteiger partial charge in [-0.1, -0.05) is 24.4 Å². The maximum absolute atomic E-state index is 10.8. The molecule has 1 amide bonds. The van der Waals surface area contributed by atoms with Crippen LogP contribution in [0.1, 0.15) is 31.2 Å². The lowest BCUT2D eigenvalue weighted by atomic mass is 9.98. The molecule has 0 unspecified atom stereocenters. The summed E-state index contributed by atoms with van der Waals surface area (Å²) in [6, 6.07) is 3.56. The number of carbonyl (C=O) groups is 1. The van der Waals surface area contributed by atoms with Gasteiger partial charge in [-0.3, -0.25) is 4.79 Å². The van der Waals surface area contributed by atoms with Gasteiger partial charge in [-0.15, -0.1) is 0 Å². The summed E-state index contributed by atoms with van der Waals surface area (Å²) in [4.78, 5) is 10.8. The van der Waals surface area contributed by atoms with E-state index in [1.807, 2.05) is 0 Å². The van der Waals surface area contributed by atoms with Gasteiger partial charge in [0, 0.05) is 12.1 Å². The molecule has 1 aromatic carbocycles. The second-order valence-electron chi connectivity index (χ2n) is 5.86. The topological polar surface area (TPSA) is 93.8 Å². The molecule has 1 aromatic rings. The molecule has 0 bridgehead atoms. The highest BCUT2D eigenvalue weighted by Crippen LogP contribution is 2.37. The summed E-state index contributed by atoms with van der Waals surface area (Å²) >= 11 is 6.23. The standard InChI is InChI=1S/C16H23ClN2O4/c1-22-13-7-11(6-12(17)15(13)23-9-14(18)21)8-19-16(10-20)4-2-3-5-16/h6-7,19-20H,2-5,8-10H2,1H3,(H2,18,21). The van der Waals surface area contributed by atoms with Crippen LogP contribution in [0.4, 0.5) is 0 Å². The van der Waals surface area contributed by atoms with Crippen LogP contribution in [0.2, 0.25) is 5.02 Å². The summed E-state index contributed by atoms with van der Waals surface area (Å²) in [5, 5.41) is 13.4. The molecular formula is C16H23ClN2O4. The van der Waals surface area contributed by atoms with E-state index in [2.05, 4.69) is 5.32 Å². The Morgan fingerprint density at radius 1 is 1.43 bits per heavy atom. The second-order valence-corrected chi connectivity index (χ2v) is 6.27. The predicted molar refractivity (Wildman–Crippen MR) is 87.8 cm³/mol. The number of rotatable bonds is 8. The van der Waals surface area contributed by atoms with Gasteiger partial charge in [0.25, 0.3) is 5.91 Å². The molecular weight excluding hydrogens is 320 g/mol. The molecule has 0 atom stereocenters. The SMILES string of the molecule is COc1cc(CNC2(CO)CCCC2)cc(Cl)c1OCC(N)=O. The minimum absolute atomic E-state index is 0.123. The number of ether oxygens (including phenoxy) is 2. The lowest BCUT2D eigenvalue weighted by Crippen LogP contribution is -2.45. The van der Waals surface area contributed by atoms with Crippen LogP contribution in [0.25, 0.3) is 0 Å². The number of nitrogens with two attached hydrogens (primary N) is 1. The fourth-order valence-corrected chi connectivity index (χ4v) is 3.18. The third kappa shape index (κ3) is 4.50. The molecule has 1 saturated carbocycles. The number of aliphatic hydroxyl groups excluding tert-OH is 1. The van der Waals surface area contributed by atoms with Gasteiger partial charge >= 0.3 is 0 Å². The quantitative estimate of drug-likeness (QED) is 0.667. The van der Waals surface area contributed by atoms with E-state index in [4.69, 9.17) is 26.8 Å². The molecule has 0 saturated heterocycles. The number of methoxy groups -OCH3 is 1. The van der Waals surface area contributed by atoms with Crippen molar-refractivity contribution in [1.29, 1.82) is 0 Å². The average molecular weight is 343 g/mol. The number of nitrogens with one attached hydrogen (secondary N) is 1. The van der Waals surface area contributed by atoms with Gasteiger partial charge in [0.2, 0.25) is 0 Å². The van der Waals surface area contributed by atoms with Crippen LogP contribution in [0.5, 0.6) is 11.5 Å². The summed E-state index contributed by atoms with van der Waals surface area (Å²) in [6.07, 6.45) is 4.18. The van der Waals surface area contributed by atoms with E-state index in [-0.39, 0.29) is 18.8 Å². The average Bonchev–Trinajstić information content (AvgIpc) is 3.00. The number of halogens is 1. The lowest BCUT2D eigenvalue weighted by Gasteiger charge is -2.28. The highest BCUT2D eigenvalue weighted by molar-refractivity contribution is 6.32. The van der Waals surface area contributed by atoms with Crippen molar-refractivity contribution < 1.29 is 19.4 Å². The van der Waals surface area contributed by atoms with E-state index >= 15 is 0 Å². The van der Waals surface area contributed by atoms with Crippen LogP contribution in [-0.2, 0) is 11.3 Å². The summed E-state index contributed by atoms with van der Waals surface area (Å²) in [5.74, 6) is 0.162. The fourth-order valence-electron chi connectivity index (χ4n) is 2.89. The zero-order chi connectivity index (χ0) is 16.9. The number of aliphatic hydroxyl groups is 1. The van der Waals surface area contributed by atoms with Crippen molar-refractivity contribution in [2.24, 2.45) is 5.73 Å². The minimum Gasteiger partial charge on any atom is -0.493 e. The summed E-state index contributed by atoms with van der Waals surface area (Å²) in [6.45, 7) is 0.422. The Hall–Kier alpha value is -1.50. The van der Waals surface area contributed by atoms with Gasteiger partial charge in [0.15, 0.2) is 18.1 Å². The van der Waals surface area contributed by atoms with Crippen molar-refractivity contribution in [3.05, 3.63) is 22.7 Å². The first-order valence-electron chi connectivity index (χ1n) is 7.63. The van der Waals surface area contributed by atoms with Crippen molar-refractivity contribution in [1.82, 2.24) is 5.32 Å². The van der Waals surface area contributed by atoms with E-state index in [1.54, 1.807) is 12.1 Å². The summed E-state index contributed by atoms with van der Waals surface area (Å²) < 4.78 is 10.6. The van der Waals surface area contributed by atoms with Crippen molar-refractivity contribution >= 4 is 17.5 Å². The molecule has 0 spiro atoms.